The van der Waals surface area contributed by atoms with Crippen LogP contribution in [0.1, 0.15) is 50.7 Å². The molecule has 160 valence electrons. The minimum atomic E-state index is -0.947. The number of Topliss-reactive ketones (excluding diaryl/α,β-unsaturated/α-hetero) is 1. The Labute approximate surface area is 171 Å². The molecule has 0 atom stereocenters. The van der Waals surface area contributed by atoms with E-state index in [0.29, 0.717) is 0 Å². The molecule has 0 aliphatic carbocycles. The van der Waals surface area contributed by atoms with Crippen molar-refractivity contribution in [1.29, 1.82) is 0 Å². The number of halogens is 1. The van der Waals surface area contributed by atoms with Gasteiger partial charge in [0.25, 0.3) is 5.91 Å². The van der Waals surface area contributed by atoms with Gasteiger partial charge in [-0.3, -0.25) is 14.9 Å². The summed E-state index contributed by atoms with van der Waals surface area (Å²) < 4.78 is 33.5. The Balaban J connectivity index is 2.12. The molecule has 30 heavy (non-hydrogen) atoms. The number of carbonyl (C=O) groups excluding carboxylic acids is 4. The number of anilines is 1. The first kappa shape index (κ1) is 22.6. The van der Waals surface area contributed by atoms with Gasteiger partial charge in [0, 0.05) is 0 Å². The number of nitrogens with one attached hydrogen (secondary N) is 1. The van der Waals surface area contributed by atoms with Crippen LogP contribution in [0.3, 0.4) is 0 Å². The van der Waals surface area contributed by atoms with Crippen LogP contribution in [0, 0.1) is 12.7 Å². The van der Waals surface area contributed by atoms with E-state index < -0.39 is 36.1 Å². The summed E-state index contributed by atoms with van der Waals surface area (Å²) in [6, 6.07) is 3.43. The Hall–Kier alpha value is -3.69. The van der Waals surface area contributed by atoms with Crippen molar-refractivity contribution >= 4 is 29.5 Å². The molecule has 2 rings (SSSR count). The van der Waals surface area contributed by atoms with Gasteiger partial charge in [0.1, 0.15) is 11.3 Å². The van der Waals surface area contributed by atoms with Crippen LogP contribution in [0.2, 0.25) is 0 Å². The number of carbonyl (C=O) groups is 4. The Kier molecular flexibility index (Phi) is 7.29. The molecule has 0 aliphatic rings. The van der Waals surface area contributed by atoms with Gasteiger partial charge in [-0.2, -0.15) is 0 Å². The molecule has 0 aliphatic heterocycles. The molecule has 1 aromatic heterocycles. The largest absolute Gasteiger partial charge is 0.494 e. The zero-order chi connectivity index (χ0) is 22.4. The minimum Gasteiger partial charge on any atom is -0.494 e. The summed E-state index contributed by atoms with van der Waals surface area (Å²) in [5.41, 5.74) is -0.366. The van der Waals surface area contributed by atoms with Crippen LogP contribution in [-0.2, 0) is 14.3 Å². The first-order chi connectivity index (χ1) is 14.2. The maximum atomic E-state index is 13.7. The molecule has 1 N–H and O–H groups in total. The standard InChI is InChI=1S/C20H20FNO8/c1-5-28-20(26)17-16(10(2)23)11(3)30-18(17)22-15(24)9-29-19(25)12-6-7-14(27-4)13(21)8-12/h6-8H,5,9H2,1-4H3,(H,22,24). The fourth-order valence-electron chi connectivity index (χ4n) is 2.63. The van der Waals surface area contributed by atoms with E-state index in [1.165, 1.54) is 33.1 Å². The lowest BCUT2D eigenvalue weighted by Gasteiger charge is -2.08. The van der Waals surface area contributed by atoms with Gasteiger partial charge in [-0.05, 0) is 39.0 Å². The van der Waals surface area contributed by atoms with Gasteiger partial charge in [-0.15, -0.1) is 0 Å². The molecule has 1 amide bonds. The summed E-state index contributed by atoms with van der Waals surface area (Å²) in [7, 11) is 1.28. The minimum absolute atomic E-state index is 0.0190. The number of esters is 2. The summed E-state index contributed by atoms with van der Waals surface area (Å²) in [6.07, 6.45) is 0. The van der Waals surface area contributed by atoms with E-state index in [4.69, 9.17) is 18.6 Å². The van der Waals surface area contributed by atoms with E-state index in [2.05, 4.69) is 5.32 Å². The van der Waals surface area contributed by atoms with Crippen molar-refractivity contribution in [3.63, 3.8) is 0 Å². The first-order valence-corrected chi connectivity index (χ1v) is 8.81. The molecule has 0 saturated heterocycles. The van der Waals surface area contributed by atoms with E-state index in [1.807, 2.05) is 0 Å². The van der Waals surface area contributed by atoms with Crippen molar-refractivity contribution in [1.82, 2.24) is 0 Å². The molecular formula is C20H20FNO8. The summed E-state index contributed by atoms with van der Waals surface area (Å²) in [4.78, 5) is 48.2. The smallest absolute Gasteiger partial charge is 0.344 e. The summed E-state index contributed by atoms with van der Waals surface area (Å²) in [5, 5.41) is 2.27. The molecular weight excluding hydrogens is 401 g/mol. The second kappa shape index (κ2) is 9.68. The van der Waals surface area contributed by atoms with Crippen LogP contribution in [-0.4, -0.2) is 44.0 Å². The third-order valence-corrected chi connectivity index (χ3v) is 3.89. The average molecular weight is 421 g/mol. The normalized spacial score (nSPS) is 10.3. The quantitative estimate of drug-likeness (QED) is 0.510. The SMILES string of the molecule is CCOC(=O)c1c(NC(=O)COC(=O)c2ccc(OC)c(F)c2)oc(C)c1C(C)=O. The predicted molar refractivity (Wildman–Crippen MR) is 101 cm³/mol. The van der Waals surface area contributed by atoms with Crippen LogP contribution in [0.5, 0.6) is 5.75 Å². The average Bonchev–Trinajstić information content (AvgIpc) is 3.02. The Bertz CT molecular complexity index is 995. The van der Waals surface area contributed by atoms with Gasteiger partial charge in [-0.25, -0.2) is 14.0 Å². The number of ketones is 1. The summed E-state index contributed by atoms with van der Waals surface area (Å²) in [6.45, 7) is 3.57. The fraction of sp³-hybridized carbons (Fsp3) is 0.300. The first-order valence-electron chi connectivity index (χ1n) is 8.81. The van der Waals surface area contributed by atoms with Gasteiger partial charge in [0.05, 0.1) is 24.8 Å². The van der Waals surface area contributed by atoms with Crippen LogP contribution in [0.15, 0.2) is 22.6 Å². The molecule has 10 heteroatoms. The maximum absolute atomic E-state index is 13.7. The van der Waals surface area contributed by atoms with Gasteiger partial charge in [0.15, 0.2) is 24.0 Å². The molecule has 0 fully saturated rings. The van der Waals surface area contributed by atoms with Gasteiger partial charge in [0.2, 0.25) is 5.88 Å². The summed E-state index contributed by atoms with van der Waals surface area (Å²) >= 11 is 0. The number of hydrogen-bond donors (Lipinski definition) is 1. The fourth-order valence-corrected chi connectivity index (χ4v) is 2.63. The Morgan fingerprint density at radius 3 is 2.37 bits per heavy atom. The highest BCUT2D eigenvalue weighted by Crippen LogP contribution is 2.28. The molecule has 0 bridgehead atoms. The van der Waals surface area contributed by atoms with Gasteiger partial charge >= 0.3 is 11.9 Å². The van der Waals surface area contributed by atoms with Gasteiger partial charge in [-0.1, -0.05) is 0 Å². The molecule has 0 spiro atoms. The second-order valence-electron chi connectivity index (χ2n) is 5.99. The molecule has 0 unspecified atom stereocenters. The highest BCUT2D eigenvalue weighted by Gasteiger charge is 2.29. The lowest BCUT2D eigenvalue weighted by atomic mass is 10.1. The van der Waals surface area contributed by atoms with Crippen molar-refractivity contribution in [2.75, 3.05) is 25.6 Å². The van der Waals surface area contributed by atoms with Crippen molar-refractivity contribution < 1.29 is 42.2 Å². The van der Waals surface area contributed by atoms with Crippen molar-refractivity contribution in [3.05, 3.63) is 46.5 Å². The lowest BCUT2D eigenvalue weighted by Crippen LogP contribution is -2.22. The van der Waals surface area contributed by atoms with Crippen LogP contribution in [0.4, 0.5) is 10.3 Å². The van der Waals surface area contributed by atoms with Crippen LogP contribution in [0.25, 0.3) is 0 Å². The molecule has 1 heterocycles. The molecule has 1 aromatic carbocycles. The zero-order valence-corrected chi connectivity index (χ0v) is 16.8. The van der Waals surface area contributed by atoms with Crippen molar-refractivity contribution in [2.45, 2.75) is 20.8 Å². The maximum Gasteiger partial charge on any atom is 0.344 e. The second-order valence-corrected chi connectivity index (χ2v) is 5.99. The molecule has 9 nitrogen and oxygen atoms in total. The predicted octanol–water partition coefficient (Wildman–Crippen LogP) is 2.91. The van der Waals surface area contributed by atoms with E-state index in [9.17, 15) is 23.6 Å². The number of furan rings is 1. The number of methoxy groups -OCH3 is 1. The van der Waals surface area contributed by atoms with Crippen molar-refractivity contribution in [2.24, 2.45) is 0 Å². The number of benzene rings is 1. The number of ether oxygens (including phenoxy) is 3. The topological polar surface area (TPSA) is 121 Å². The number of amides is 1. The monoisotopic (exact) mass is 421 g/mol. The Morgan fingerprint density at radius 2 is 1.80 bits per heavy atom. The number of rotatable bonds is 8. The highest BCUT2D eigenvalue weighted by atomic mass is 19.1. The molecule has 0 saturated carbocycles. The highest BCUT2D eigenvalue weighted by molar-refractivity contribution is 6.10. The third-order valence-electron chi connectivity index (χ3n) is 3.89. The van der Waals surface area contributed by atoms with E-state index >= 15 is 0 Å². The molecule has 2 aromatic rings. The summed E-state index contributed by atoms with van der Waals surface area (Å²) in [5.74, 6) is -4.08. The number of aryl methyl sites for hydroxylation is 1. The number of hydrogen-bond acceptors (Lipinski definition) is 8. The zero-order valence-electron chi connectivity index (χ0n) is 16.8. The molecule has 0 radical (unpaired) electrons. The Morgan fingerprint density at radius 1 is 1.10 bits per heavy atom. The van der Waals surface area contributed by atoms with Crippen molar-refractivity contribution in [3.8, 4) is 5.75 Å². The van der Waals surface area contributed by atoms with Crippen LogP contribution < -0.4 is 10.1 Å². The third kappa shape index (κ3) is 5.02. The lowest BCUT2D eigenvalue weighted by molar-refractivity contribution is -0.119. The van der Waals surface area contributed by atoms with Gasteiger partial charge < -0.3 is 18.6 Å². The van der Waals surface area contributed by atoms with E-state index in [1.54, 1.807) is 6.92 Å². The van der Waals surface area contributed by atoms with E-state index in [-0.39, 0.29) is 40.7 Å². The van der Waals surface area contributed by atoms with E-state index in [0.717, 1.165) is 6.07 Å². The van der Waals surface area contributed by atoms with Crippen LogP contribution >= 0.6 is 0 Å².